The summed E-state index contributed by atoms with van der Waals surface area (Å²) in [5.74, 6) is 2.22. The average Bonchev–Trinajstić information content (AvgIpc) is 2.57. The number of ether oxygens (including phenoxy) is 4. The Balaban J connectivity index is 1.60. The number of aryl methyl sites for hydroxylation is 1. The van der Waals surface area contributed by atoms with E-state index in [1.54, 1.807) is 7.11 Å². The molecule has 0 saturated carbocycles. The van der Waals surface area contributed by atoms with Crippen molar-refractivity contribution in [3.05, 3.63) is 53.1 Å². The minimum Gasteiger partial charge on any atom is -0.493 e. The zero-order valence-electron chi connectivity index (χ0n) is 13.4. The molecule has 2 rings (SSSR count). The standard InChI is InChI=1S/C18H21ClO4/c1-14-13-15(7-8-16(14)19)22-11-9-21-10-12-23-18-6-4-3-5-17(18)20-2/h3-8,13H,9-12H2,1-2H3. The van der Waals surface area contributed by atoms with Gasteiger partial charge in [-0.2, -0.15) is 0 Å². The van der Waals surface area contributed by atoms with Gasteiger partial charge < -0.3 is 18.9 Å². The van der Waals surface area contributed by atoms with Crippen molar-refractivity contribution < 1.29 is 18.9 Å². The van der Waals surface area contributed by atoms with E-state index in [1.807, 2.05) is 49.4 Å². The molecule has 0 aliphatic heterocycles. The predicted molar refractivity (Wildman–Crippen MR) is 91.0 cm³/mol. The van der Waals surface area contributed by atoms with Gasteiger partial charge in [0.1, 0.15) is 19.0 Å². The van der Waals surface area contributed by atoms with Crippen LogP contribution in [0.1, 0.15) is 5.56 Å². The first kappa shape index (κ1) is 17.4. The van der Waals surface area contributed by atoms with Gasteiger partial charge in [0.25, 0.3) is 0 Å². The third-order valence-electron chi connectivity index (χ3n) is 3.18. The van der Waals surface area contributed by atoms with Gasteiger partial charge in [-0.15, -0.1) is 0 Å². The molecule has 0 heterocycles. The fourth-order valence-corrected chi connectivity index (χ4v) is 2.09. The highest BCUT2D eigenvalue weighted by molar-refractivity contribution is 6.31. The smallest absolute Gasteiger partial charge is 0.161 e. The van der Waals surface area contributed by atoms with Crippen LogP contribution in [0, 0.1) is 6.92 Å². The zero-order valence-corrected chi connectivity index (χ0v) is 14.1. The SMILES string of the molecule is COc1ccccc1OCCOCCOc1ccc(Cl)c(C)c1. The first-order valence-electron chi connectivity index (χ1n) is 7.43. The number of para-hydroxylation sites is 2. The molecule has 0 aliphatic rings. The first-order valence-corrected chi connectivity index (χ1v) is 7.81. The van der Waals surface area contributed by atoms with E-state index in [9.17, 15) is 0 Å². The Morgan fingerprint density at radius 1 is 0.870 bits per heavy atom. The van der Waals surface area contributed by atoms with Crippen molar-refractivity contribution in [2.24, 2.45) is 0 Å². The molecule has 0 aliphatic carbocycles. The molecule has 23 heavy (non-hydrogen) atoms. The van der Waals surface area contributed by atoms with Gasteiger partial charge in [-0.1, -0.05) is 23.7 Å². The molecule has 0 unspecified atom stereocenters. The van der Waals surface area contributed by atoms with E-state index >= 15 is 0 Å². The fourth-order valence-electron chi connectivity index (χ4n) is 1.98. The summed E-state index contributed by atoms with van der Waals surface area (Å²) in [6, 6.07) is 13.1. The normalized spacial score (nSPS) is 10.4. The summed E-state index contributed by atoms with van der Waals surface area (Å²) in [7, 11) is 1.62. The Labute approximate surface area is 141 Å². The molecule has 4 nitrogen and oxygen atoms in total. The van der Waals surface area contributed by atoms with Crippen LogP contribution in [-0.4, -0.2) is 33.5 Å². The van der Waals surface area contributed by atoms with Gasteiger partial charge in [0, 0.05) is 5.02 Å². The number of rotatable bonds is 9. The third kappa shape index (κ3) is 5.66. The predicted octanol–water partition coefficient (Wildman–Crippen LogP) is 4.13. The Kier molecular flexibility index (Phi) is 7.04. The van der Waals surface area contributed by atoms with Crippen LogP contribution in [0.5, 0.6) is 17.2 Å². The lowest BCUT2D eigenvalue weighted by molar-refractivity contribution is 0.0757. The summed E-state index contributed by atoms with van der Waals surface area (Å²) in [4.78, 5) is 0. The van der Waals surface area contributed by atoms with Crippen molar-refractivity contribution in [3.8, 4) is 17.2 Å². The van der Waals surface area contributed by atoms with E-state index < -0.39 is 0 Å². The summed E-state index contributed by atoms with van der Waals surface area (Å²) < 4.78 is 21.9. The Hall–Kier alpha value is -1.91. The second-order valence-corrected chi connectivity index (χ2v) is 5.28. The molecule has 2 aromatic carbocycles. The molecule has 2 aromatic rings. The second kappa shape index (κ2) is 9.28. The summed E-state index contributed by atoms with van der Waals surface area (Å²) in [6.07, 6.45) is 0. The van der Waals surface area contributed by atoms with E-state index in [1.165, 1.54) is 0 Å². The van der Waals surface area contributed by atoms with Crippen LogP contribution >= 0.6 is 11.6 Å². The maximum absolute atomic E-state index is 5.97. The number of halogens is 1. The maximum Gasteiger partial charge on any atom is 0.161 e. The molecule has 0 fully saturated rings. The molecule has 0 radical (unpaired) electrons. The minimum absolute atomic E-state index is 0.459. The molecular weight excluding hydrogens is 316 g/mol. The Morgan fingerprint density at radius 2 is 1.57 bits per heavy atom. The lowest BCUT2D eigenvalue weighted by Crippen LogP contribution is -2.12. The molecule has 0 aromatic heterocycles. The van der Waals surface area contributed by atoms with Crippen LogP contribution in [0.3, 0.4) is 0 Å². The monoisotopic (exact) mass is 336 g/mol. The molecular formula is C18H21ClO4. The zero-order chi connectivity index (χ0) is 16.5. The minimum atomic E-state index is 0.459. The molecule has 0 N–H and O–H groups in total. The highest BCUT2D eigenvalue weighted by Gasteiger charge is 2.02. The second-order valence-electron chi connectivity index (χ2n) is 4.87. The summed E-state index contributed by atoms with van der Waals surface area (Å²) in [5, 5.41) is 0.738. The van der Waals surface area contributed by atoms with Crippen LogP contribution in [0.4, 0.5) is 0 Å². The van der Waals surface area contributed by atoms with Gasteiger partial charge in [-0.25, -0.2) is 0 Å². The van der Waals surface area contributed by atoms with Crippen molar-refractivity contribution in [1.29, 1.82) is 0 Å². The number of hydrogen-bond acceptors (Lipinski definition) is 4. The molecule has 0 atom stereocenters. The van der Waals surface area contributed by atoms with Gasteiger partial charge in [0.05, 0.1) is 20.3 Å². The molecule has 124 valence electrons. The van der Waals surface area contributed by atoms with Gasteiger partial charge in [0.2, 0.25) is 0 Å². The van der Waals surface area contributed by atoms with E-state index in [2.05, 4.69) is 0 Å². The Bertz CT molecular complexity index is 616. The number of hydrogen-bond donors (Lipinski definition) is 0. The van der Waals surface area contributed by atoms with Gasteiger partial charge in [-0.05, 0) is 42.8 Å². The Morgan fingerprint density at radius 3 is 2.26 bits per heavy atom. The average molecular weight is 337 g/mol. The van der Waals surface area contributed by atoms with Crippen LogP contribution < -0.4 is 14.2 Å². The van der Waals surface area contributed by atoms with E-state index in [0.29, 0.717) is 37.9 Å². The molecule has 0 spiro atoms. The quantitative estimate of drug-likeness (QED) is 0.645. The van der Waals surface area contributed by atoms with E-state index in [0.717, 1.165) is 16.3 Å². The van der Waals surface area contributed by atoms with Gasteiger partial charge in [-0.3, -0.25) is 0 Å². The molecule has 0 saturated heterocycles. The lowest BCUT2D eigenvalue weighted by atomic mass is 10.2. The van der Waals surface area contributed by atoms with Crippen molar-refractivity contribution in [1.82, 2.24) is 0 Å². The largest absolute Gasteiger partial charge is 0.493 e. The van der Waals surface area contributed by atoms with Gasteiger partial charge >= 0.3 is 0 Å². The van der Waals surface area contributed by atoms with Crippen molar-refractivity contribution >= 4 is 11.6 Å². The highest BCUT2D eigenvalue weighted by atomic mass is 35.5. The number of methoxy groups -OCH3 is 1. The maximum atomic E-state index is 5.97. The van der Waals surface area contributed by atoms with Crippen LogP contribution in [-0.2, 0) is 4.74 Å². The van der Waals surface area contributed by atoms with Crippen LogP contribution in [0.2, 0.25) is 5.02 Å². The molecule has 0 amide bonds. The number of benzene rings is 2. The van der Waals surface area contributed by atoms with E-state index in [-0.39, 0.29) is 0 Å². The summed E-state index contributed by atoms with van der Waals surface area (Å²) >= 11 is 5.97. The lowest BCUT2D eigenvalue weighted by Gasteiger charge is -2.11. The molecule has 5 heteroatoms. The summed E-state index contributed by atoms with van der Waals surface area (Å²) in [6.45, 7) is 3.87. The first-order chi connectivity index (χ1) is 11.2. The molecule has 0 bridgehead atoms. The fraction of sp³-hybridized carbons (Fsp3) is 0.333. The summed E-state index contributed by atoms with van der Waals surface area (Å²) in [5.41, 5.74) is 0.996. The third-order valence-corrected chi connectivity index (χ3v) is 3.60. The van der Waals surface area contributed by atoms with Crippen molar-refractivity contribution in [2.75, 3.05) is 33.5 Å². The van der Waals surface area contributed by atoms with E-state index in [4.69, 9.17) is 30.5 Å². The van der Waals surface area contributed by atoms with Crippen molar-refractivity contribution in [3.63, 3.8) is 0 Å². The highest BCUT2D eigenvalue weighted by Crippen LogP contribution is 2.25. The van der Waals surface area contributed by atoms with Crippen LogP contribution in [0.15, 0.2) is 42.5 Å². The topological polar surface area (TPSA) is 36.9 Å². The van der Waals surface area contributed by atoms with Crippen molar-refractivity contribution in [2.45, 2.75) is 6.92 Å². The van der Waals surface area contributed by atoms with Crippen LogP contribution in [0.25, 0.3) is 0 Å². The van der Waals surface area contributed by atoms with Gasteiger partial charge in [0.15, 0.2) is 11.5 Å².